The van der Waals surface area contributed by atoms with Gasteiger partial charge < -0.3 is 30.5 Å². The van der Waals surface area contributed by atoms with Crippen molar-refractivity contribution in [3.63, 3.8) is 0 Å². The Morgan fingerprint density at radius 1 is 1.20 bits per heavy atom. The molecule has 0 radical (unpaired) electrons. The summed E-state index contributed by atoms with van der Waals surface area (Å²) in [6.07, 6.45) is 1.52. The molecule has 2 saturated heterocycles. The number of ether oxygens (including phenoxy) is 1. The fourth-order valence-corrected chi connectivity index (χ4v) is 4.67. The van der Waals surface area contributed by atoms with Gasteiger partial charge in [0.1, 0.15) is 18.4 Å². The van der Waals surface area contributed by atoms with Crippen LogP contribution >= 0.6 is 11.3 Å². The average molecular weight is 441 g/mol. The van der Waals surface area contributed by atoms with Gasteiger partial charge >= 0.3 is 5.97 Å². The van der Waals surface area contributed by atoms with Crippen molar-refractivity contribution in [3.8, 4) is 0 Å². The molecule has 2 fully saturated rings. The highest BCUT2D eigenvalue weighted by Gasteiger charge is 2.42. The van der Waals surface area contributed by atoms with E-state index in [2.05, 4.69) is 9.88 Å². The van der Waals surface area contributed by atoms with Crippen LogP contribution in [0.2, 0.25) is 0 Å². The van der Waals surface area contributed by atoms with Crippen molar-refractivity contribution in [1.82, 2.24) is 14.8 Å². The Morgan fingerprint density at radius 2 is 1.93 bits per heavy atom. The lowest BCUT2D eigenvalue weighted by atomic mass is 9.74. The van der Waals surface area contributed by atoms with Crippen LogP contribution in [0.4, 0.5) is 5.13 Å². The number of aliphatic hydroxyl groups excluding tert-OH is 2. The van der Waals surface area contributed by atoms with Gasteiger partial charge in [0.25, 0.3) is 5.91 Å². The fourth-order valence-electron chi connectivity index (χ4n) is 4.14. The van der Waals surface area contributed by atoms with E-state index in [0.717, 1.165) is 25.9 Å². The van der Waals surface area contributed by atoms with Crippen LogP contribution in [0.15, 0.2) is 5.38 Å². The summed E-state index contributed by atoms with van der Waals surface area (Å²) in [7, 11) is 2.03. The fraction of sp³-hybridized carbons (Fsp3) is 0.750. The third kappa shape index (κ3) is 5.48. The number of nitrogens with zero attached hydrogens (tertiary/aromatic N) is 3. The zero-order valence-corrected chi connectivity index (χ0v) is 18.3. The van der Waals surface area contributed by atoms with E-state index in [1.165, 1.54) is 11.3 Å². The minimum absolute atomic E-state index is 0.181. The first-order valence-electron chi connectivity index (χ1n) is 10.5. The van der Waals surface area contributed by atoms with Crippen LogP contribution in [0, 0.1) is 5.41 Å². The summed E-state index contributed by atoms with van der Waals surface area (Å²) in [5.74, 6) is -0.521. The molecule has 3 heterocycles. The molecule has 0 saturated carbocycles. The minimum Gasteiger partial charge on any atom is -0.462 e. The van der Waals surface area contributed by atoms with E-state index < -0.39 is 17.6 Å². The van der Waals surface area contributed by atoms with Crippen molar-refractivity contribution in [2.24, 2.45) is 5.41 Å². The van der Waals surface area contributed by atoms with Crippen LogP contribution < -0.4 is 5.73 Å². The Morgan fingerprint density at radius 3 is 2.60 bits per heavy atom. The Balaban J connectivity index is 1.73. The summed E-state index contributed by atoms with van der Waals surface area (Å²) in [5.41, 5.74) is 5.39. The highest BCUT2D eigenvalue weighted by atomic mass is 32.1. The summed E-state index contributed by atoms with van der Waals surface area (Å²) < 4.78 is 5.44. The molecule has 2 atom stereocenters. The number of nitrogens with two attached hydrogens (primary N) is 1. The van der Waals surface area contributed by atoms with Gasteiger partial charge in [-0.2, -0.15) is 0 Å². The van der Waals surface area contributed by atoms with Crippen LogP contribution in [0.1, 0.15) is 49.0 Å². The van der Waals surface area contributed by atoms with Crippen molar-refractivity contribution in [2.75, 3.05) is 45.6 Å². The van der Waals surface area contributed by atoms with Gasteiger partial charge in [0.15, 0.2) is 5.13 Å². The number of hydrogen-bond donors (Lipinski definition) is 3. The second-order valence-electron chi connectivity index (χ2n) is 8.43. The predicted octanol–water partition coefficient (Wildman–Crippen LogP) is 0.719. The van der Waals surface area contributed by atoms with E-state index in [1.807, 2.05) is 7.05 Å². The molecule has 0 aromatic carbocycles. The predicted molar refractivity (Wildman–Crippen MR) is 113 cm³/mol. The average Bonchev–Trinajstić information content (AvgIpc) is 3.17. The normalized spacial score (nSPS) is 27.0. The molecule has 0 aliphatic carbocycles. The van der Waals surface area contributed by atoms with Crippen LogP contribution in [-0.4, -0.2) is 88.9 Å². The van der Waals surface area contributed by atoms with Crippen LogP contribution in [0.3, 0.4) is 0 Å². The van der Waals surface area contributed by atoms with E-state index in [0.29, 0.717) is 36.6 Å². The van der Waals surface area contributed by atoms with E-state index in [1.54, 1.807) is 10.3 Å². The third-order valence-corrected chi connectivity index (χ3v) is 6.94. The molecule has 0 unspecified atom stereocenters. The van der Waals surface area contributed by atoms with Gasteiger partial charge in [-0.05, 0) is 52.2 Å². The summed E-state index contributed by atoms with van der Waals surface area (Å²) in [4.78, 5) is 33.7. The van der Waals surface area contributed by atoms with Crippen molar-refractivity contribution in [2.45, 2.75) is 50.7 Å². The van der Waals surface area contributed by atoms with Gasteiger partial charge in [0, 0.05) is 18.5 Å². The molecule has 4 N–H and O–H groups in total. The number of hydrogen-bond acceptors (Lipinski definition) is 9. The number of aliphatic hydroxyl groups is 2. The molecule has 2 aliphatic rings. The number of anilines is 1. The van der Waals surface area contributed by atoms with Crippen molar-refractivity contribution in [1.29, 1.82) is 0 Å². The molecule has 1 spiro atoms. The van der Waals surface area contributed by atoms with Gasteiger partial charge in [0.2, 0.25) is 0 Å². The SMILES string of the molecule is CN1CCC2(CCCCN(C(=O)c3csc(N)n3)CC[C@H](O)[C@H](O)COC2=O)CC1. The lowest BCUT2D eigenvalue weighted by molar-refractivity contribution is -0.164. The number of carbonyl (C=O) groups excluding carboxylic acids is 2. The first-order chi connectivity index (χ1) is 14.3. The van der Waals surface area contributed by atoms with Crippen molar-refractivity contribution < 1.29 is 24.5 Å². The number of amides is 1. The Labute approximate surface area is 180 Å². The standard InChI is InChI=1S/C20H32N4O5S/c1-23-10-6-20(7-11-23)5-2-3-8-24(17(27)14-13-30-19(21)22-14)9-4-15(25)16(26)12-29-18(20)28/h13,15-16,25-26H,2-12H2,1H3,(H2,21,22)/t15-,16+/m0/s1. The third-order valence-electron chi connectivity index (χ3n) is 6.26. The Kier molecular flexibility index (Phi) is 7.67. The minimum atomic E-state index is -1.19. The van der Waals surface area contributed by atoms with Crippen LogP contribution in [0.5, 0.6) is 0 Å². The van der Waals surface area contributed by atoms with E-state index in [-0.39, 0.29) is 31.4 Å². The first-order valence-corrected chi connectivity index (χ1v) is 11.4. The number of esters is 1. The second-order valence-corrected chi connectivity index (χ2v) is 9.32. The lowest BCUT2D eigenvalue weighted by Gasteiger charge is -2.39. The summed E-state index contributed by atoms with van der Waals surface area (Å²) >= 11 is 1.21. The van der Waals surface area contributed by atoms with Crippen molar-refractivity contribution >= 4 is 28.3 Å². The quantitative estimate of drug-likeness (QED) is 0.545. The summed E-state index contributed by atoms with van der Waals surface area (Å²) in [6.45, 7) is 2.16. The maximum absolute atomic E-state index is 12.9. The highest BCUT2D eigenvalue weighted by molar-refractivity contribution is 7.13. The number of carbonyl (C=O) groups is 2. The molecule has 30 heavy (non-hydrogen) atoms. The molecule has 168 valence electrons. The molecule has 10 heteroatoms. The molecule has 9 nitrogen and oxygen atoms in total. The number of aromatic nitrogens is 1. The van der Waals surface area contributed by atoms with Gasteiger partial charge in [-0.1, -0.05) is 6.42 Å². The smallest absolute Gasteiger partial charge is 0.312 e. The first kappa shape index (κ1) is 22.9. The molecular formula is C20H32N4O5S. The maximum atomic E-state index is 12.9. The monoisotopic (exact) mass is 440 g/mol. The molecule has 1 amide bonds. The molecule has 1 aromatic rings. The highest BCUT2D eigenvalue weighted by Crippen LogP contribution is 2.38. The van der Waals surface area contributed by atoms with E-state index in [9.17, 15) is 19.8 Å². The number of rotatable bonds is 1. The van der Waals surface area contributed by atoms with Gasteiger partial charge in [0.05, 0.1) is 11.5 Å². The molecule has 3 rings (SSSR count). The summed E-state index contributed by atoms with van der Waals surface area (Å²) in [5, 5.41) is 22.5. The van der Waals surface area contributed by atoms with E-state index in [4.69, 9.17) is 10.5 Å². The van der Waals surface area contributed by atoms with Gasteiger partial charge in [-0.15, -0.1) is 11.3 Å². The summed E-state index contributed by atoms with van der Waals surface area (Å²) in [6, 6.07) is 0. The number of piperidine rings is 1. The van der Waals surface area contributed by atoms with Crippen LogP contribution in [-0.2, 0) is 9.53 Å². The largest absolute Gasteiger partial charge is 0.462 e. The zero-order valence-electron chi connectivity index (χ0n) is 17.5. The second kappa shape index (κ2) is 10.0. The zero-order chi connectivity index (χ0) is 21.7. The van der Waals surface area contributed by atoms with Crippen molar-refractivity contribution in [3.05, 3.63) is 11.1 Å². The van der Waals surface area contributed by atoms with Gasteiger partial charge in [-0.3, -0.25) is 9.59 Å². The number of likely N-dealkylation sites (tertiary alicyclic amines) is 1. The maximum Gasteiger partial charge on any atom is 0.312 e. The Bertz CT molecular complexity index is 735. The molecular weight excluding hydrogens is 408 g/mol. The number of cyclic esters (lactones) is 1. The molecule has 0 bridgehead atoms. The number of nitrogen functional groups attached to an aromatic ring is 1. The molecule has 2 aliphatic heterocycles. The molecule has 1 aromatic heterocycles. The number of thiazole rings is 1. The van der Waals surface area contributed by atoms with Gasteiger partial charge in [-0.25, -0.2) is 4.98 Å². The lowest BCUT2D eigenvalue weighted by Crippen LogP contribution is -2.45. The van der Waals surface area contributed by atoms with Crippen LogP contribution in [0.25, 0.3) is 0 Å². The van der Waals surface area contributed by atoms with E-state index >= 15 is 0 Å². The Hall–Kier alpha value is -1.75. The topological polar surface area (TPSA) is 129 Å².